The van der Waals surface area contributed by atoms with Crippen LogP contribution in [0.5, 0.6) is 5.75 Å². The molecule has 94 valence electrons. The lowest BCUT2D eigenvalue weighted by atomic mass is 10.1. The summed E-state index contributed by atoms with van der Waals surface area (Å²) in [5, 5.41) is 19.0. The van der Waals surface area contributed by atoms with Crippen molar-refractivity contribution >= 4 is 22.6 Å². The van der Waals surface area contributed by atoms with Gasteiger partial charge in [-0.15, -0.1) is 5.10 Å². The molecule has 2 aliphatic heterocycles. The van der Waals surface area contributed by atoms with Crippen molar-refractivity contribution in [3.8, 4) is 5.75 Å². The fraction of sp³-hybridized carbons (Fsp3) is 0.385. The summed E-state index contributed by atoms with van der Waals surface area (Å²) in [7, 11) is 0. The molecule has 1 aromatic carbocycles. The summed E-state index contributed by atoms with van der Waals surface area (Å²) in [5.74, 6) is 1.13. The van der Waals surface area contributed by atoms with Gasteiger partial charge in [-0.2, -0.15) is 5.10 Å². The highest BCUT2D eigenvalue weighted by atomic mass is 32.2. The minimum atomic E-state index is 0.282. The number of likely N-dealkylation sites (tertiary alicyclic amines) is 1. The van der Waals surface area contributed by atoms with E-state index in [2.05, 4.69) is 15.1 Å². The first-order valence-corrected chi connectivity index (χ1v) is 7.13. The zero-order valence-electron chi connectivity index (χ0n) is 10.0. The lowest BCUT2D eigenvalue weighted by Crippen LogP contribution is -2.27. The molecule has 0 saturated carbocycles. The molecule has 0 bridgehead atoms. The highest BCUT2D eigenvalue weighted by Crippen LogP contribution is 2.22. The number of benzene rings is 1. The van der Waals surface area contributed by atoms with E-state index in [-0.39, 0.29) is 5.75 Å². The molecule has 2 heterocycles. The second kappa shape index (κ2) is 5.02. The SMILES string of the molecule is Oc1ccc(C2=NN=C(N3CCCC3)SC2)cc1. The third-order valence-corrected chi connectivity index (χ3v) is 4.19. The van der Waals surface area contributed by atoms with Gasteiger partial charge in [-0.05, 0) is 42.7 Å². The van der Waals surface area contributed by atoms with Crippen LogP contribution in [-0.4, -0.2) is 39.7 Å². The van der Waals surface area contributed by atoms with Crippen molar-refractivity contribution in [2.45, 2.75) is 12.8 Å². The summed E-state index contributed by atoms with van der Waals surface area (Å²) >= 11 is 1.75. The second-order valence-electron chi connectivity index (χ2n) is 4.46. The Morgan fingerprint density at radius 2 is 1.78 bits per heavy atom. The van der Waals surface area contributed by atoms with Gasteiger partial charge in [0, 0.05) is 18.8 Å². The lowest BCUT2D eigenvalue weighted by Gasteiger charge is -2.20. The molecular weight excluding hydrogens is 246 g/mol. The third kappa shape index (κ3) is 2.36. The maximum absolute atomic E-state index is 9.26. The van der Waals surface area contributed by atoms with E-state index < -0.39 is 0 Å². The van der Waals surface area contributed by atoms with Crippen LogP contribution in [0, 0.1) is 0 Å². The molecule has 2 aliphatic rings. The zero-order chi connectivity index (χ0) is 12.4. The predicted molar refractivity (Wildman–Crippen MR) is 75.3 cm³/mol. The van der Waals surface area contributed by atoms with E-state index in [1.807, 2.05) is 12.1 Å². The van der Waals surface area contributed by atoms with Gasteiger partial charge in [0.2, 0.25) is 0 Å². The van der Waals surface area contributed by atoms with Crippen molar-refractivity contribution in [1.29, 1.82) is 0 Å². The Morgan fingerprint density at radius 1 is 1.06 bits per heavy atom. The summed E-state index contributed by atoms with van der Waals surface area (Å²) in [6.45, 7) is 2.21. The Labute approximate surface area is 110 Å². The maximum atomic E-state index is 9.26. The van der Waals surface area contributed by atoms with Crippen molar-refractivity contribution in [1.82, 2.24) is 4.90 Å². The molecule has 5 heteroatoms. The van der Waals surface area contributed by atoms with Gasteiger partial charge in [-0.25, -0.2) is 0 Å². The minimum Gasteiger partial charge on any atom is -0.508 e. The molecule has 0 amide bonds. The van der Waals surface area contributed by atoms with Crippen molar-refractivity contribution in [3.63, 3.8) is 0 Å². The van der Waals surface area contributed by atoms with Crippen molar-refractivity contribution < 1.29 is 5.11 Å². The van der Waals surface area contributed by atoms with Crippen LogP contribution in [0.4, 0.5) is 0 Å². The van der Waals surface area contributed by atoms with Gasteiger partial charge in [0.25, 0.3) is 0 Å². The van der Waals surface area contributed by atoms with Crippen molar-refractivity contribution in [2.24, 2.45) is 10.2 Å². The summed E-state index contributed by atoms with van der Waals surface area (Å²) in [4.78, 5) is 2.31. The number of amidine groups is 1. The van der Waals surface area contributed by atoms with Crippen LogP contribution in [0.1, 0.15) is 18.4 Å². The first kappa shape index (κ1) is 11.6. The van der Waals surface area contributed by atoms with Crippen LogP contribution < -0.4 is 0 Å². The highest BCUT2D eigenvalue weighted by Gasteiger charge is 2.20. The minimum absolute atomic E-state index is 0.282. The molecule has 0 aliphatic carbocycles. The van der Waals surface area contributed by atoms with Gasteiger partial charge in [0.05, 0.1) is 5.71 Å². The summed E-state index contributed by atoms with van der Waals surface area (Å²) in [6, 6.07) is 7.13. The zero-order valence-corrected chi connectivity index (χ0v) is 10.9. The summed E-state index contributed by atoms with van der Waals surface area (Å²) < 4.78 is 0. The van der Waals surface area contributed by atoms with E-state index in [1.165, 1.54) is 12.8 Å². The van der Waals surface area contributed by atoms with Gasteiger partial charge >= 0.3 is 0 Å². The smallest absolute Gasteiger partial charge is 0.186 e. The standard InChI is InChI=1S/C13H15N3OS/c17-11-5-3-10(4-6-11)12-9-18-13(15-14-12)16-7-1-2-8-16/h3-6,17H,1-2,7-9H2. The molecular formula is C13H15N3OS. The van der Waals surface area contributed by atoms with Gasteiger partial charge in [0.1, 0.15) is 5.75 Å². The molecule has 0 aromatic heterocycles. The monoisotopic (exact) mass is 261 g/mol. The fourth-order valence-electron chi connectivity index (χ4n) is 2.15. The molecule has 1 fully saturated rings. The lowest BCUT2D eigenvalue weighted by molar-refractivity contribution is 0.475. The van der Waals surface area contributed by atoms with Crippen LogP contribution in [0.15, 0.2) is 34.5 Å². The van der Waals surface area contributed by atoms with E-state index in [9.17, 15) is 5.11 Å². The van der Waals surface area contributed by atoms with Crippen molar-refractivity contribution in [3.05, 3.63) is 29.8 Å². The number of rotatable bonds is 1. The van der Waals surface area contributed by atoms with Gasteiger partial charge in [-0.3, -0.25) is 0 Å². The first-order chi connectivity index (χ1) is 8.83. The number of aromatic hydroxyl groups is 1. The Hall–Kier alpha value is -1.49. The normalized spacial score (nSPS) is 19.7. The van der Waals surface area contributed by atoms with E-state index >= 15 is 0 Å². The van der Waals surface area contributed by atoms with Crippen molar-refractivity contribution in [2.75, 3.05) is 18.8 Å². The van der Waals surface area contributed by atoms with Crippen LogP contribution in [0.25, 0.3) is 0 Å². The average molecular weight is 261 g/mol. The number of phenolic OH excluding ortho intramolecular Hbond substituents is 1. The molecule has 18 heavy (non-hydrogen) atoms. The van der Waals surface area contributed by atoms with Crippen LogP contribution in [0.2, 0.25) is 0 Å². The van der Waals surface area contributed by atoms with Crippen LogP contribution in [0.3, 0.4) is 0 Å². The van der Waals surface area contributed by atoms with Crippen LogP contribution >= 0.6 is 11.8 Å². The molecule has 0 unspecified atom stereocenters. The van der Waals surface area contributed by atoms with E-state index in [0.29, 0.717) is 0 Å². The first-order valence-electron chi connectivity index (χ1n) is 6.14. The molecule has 0 atom stereocenters. The largest absolute Gasteiger partial charge is 0.508 e. The third-order valence-electron chi connectivity index (χ3n) is 3.17. The average Bonchev–Trinajstić information content (AvgIpc) is 2.94. The molecule has 0 radical (unpaired) electrons. The second-order valence-corrected chi connectivity index (χ2v) is 5.40. The quantitative estimate of drug-likeness (QED) is 0.844. The number of hydrogen-bond acceptors (Lipinski definition) is 5. The Bertz CT molecular complexity index is 489. The molecule has 4 nitrogen and oxygen atoms in total. The van der Waals surface area contributed by atoms with E-state index in [1.54, 1.807) is 23.9 Å². The molecule has 3 rings (SSSR count). The van der Waals surface area contributed by atoms with E-state index in [0.717, 1.165) is 35.3 Å². The molecule has 0 spiro atoms. The Morgan fingerprint density at radius 3 is 2.39 bits per heavy atom. The van der Waals surface area contributed by atoms with Gasteiger partial charge < -0.3 is 10.0 Å². The van der Waals surface area contributed by atoms with E-state index in [4.69, 9.17) is 0 Å². The predicted octanol–water partition coefficient (Wildman–Crippen LogP) is 2.29. The topological polar surface area (TPSA) is 48.2 Å². The number of phenols is 1. The number of thioether (sulfide) groups is 1. The highest BCUT2D eigenvalue weighted by molar-refractivity contribution is 8.14. The summed E-state index contributed by atoms with van der Waals surface area (Å²) in [5.41, 5.74) is 2.01. The Balaban J connectivity index is 1.77. The number of nitrogens with zero attached hydrogens (tertiary/aromatic N) is 3. The van der Waals surface area contributed by atoms with Gasteiger partial charge in [0.15, 0.2) is 5.17 Å². The van der Waals surface area contributed by atoms with Crippen LogP contribution in [-0.2, 0) is 0 Å². The molecule has 1 saturated heterocycles. The maximum Gasteiger partial charge on any atom is 0.186 e. The molecule has 1 aromatic rings. The Kier molecular flexibility index (Phi) is 3.23. The fourth-order valence-corrected chi connectivity index (χ4v) is 3.11. The molecule has 1 N–H and O–H groups in total. The van der Waals surface area contributed by atoms with Gasteiger partial charge in [-0.1, -0.05) is 11.8 Å². The number of hydrogen-bond donors (Lipinski definition) is 1. The summed E-state index contributed by atoms with van der Waals surface area (Å²) in [6.07, 6.45) is 2.52.